The molecular formula is C34H34N2. The van der Waals surface area contributed by atoms with Gasteiger partial charge in [0.05, 0.1) is 0 Å². The van der Waals surface area contributed by atoms with Crippen LogP contribution in [0.15, 0.2) is 177 Å². The lowest BCUT2D eigenvalue weighted by Crippen LogP contribution is -2.22. The Bertz CT molecular complexity index is 1260. The fourth-order valence-electron chi connectivity index (χ4n) is 3.96. The van der Waals surface area contributed by atoms with E-state index in [1.807, 2.05) is 42.5 Å². The van der Waals surface area contributed by atoms with Crippen LogP contribution in [-0.4, -0.2) is 0 Å². The molecule has 0 aliphatic heterocycles. The van der Waals surface area contributed by atoms with Crippen LogP contribution in [0, 0.1) is 0 Å². The predicted molar refractivity (Wildman–Crippen MR) is 159 cm³/mol. The van der Waals surface area contributed by atoms with Gasteiger partial charge >= 0.3 is 0 Å². The molecule has 0 heterocycles. The van der Waals surface area contributed by atoms with E-state index in [0.717, 1.165) is 52.4 Å². The fraction of sp³-hybridized carbons (Fsp3) is 0.0588. The van der Waals surface area contributed by atoms with Crippen LogP contribution in [-0.2, 0) is 0 Å². The number of nitrogens with zero attached hydrogens (tertiary/aromatic N) is 2. The Morgan fingerprint density at radius 1 is 0.639 bits per heavy atom. The number of anilines is 3. The minimum absolute atomic E-state index is 0.814. The third-order valence-electron chi connectivity index (χ3n) is 5.79. The molecule has 0 fully saturated rings. The standard InChI is InChI=1S/C34H34N2/c1-7-27(5)25-29(9-3)35(31-17-13-11-14-18-31)33-21-23-34(24-22-33)36(32-19-15-12-16-20-32)30(10-4)26-28(6)8-2/h7-15,17-19,21-26H,1-6,16,20H2/b29-25+,30-26+. The van der Waals surface area contributed by atoms with E-state index in [0.29, 0.717) is 0 Å². The van der Waals surface area contributed by atoms with Crippen molar-refractivity contribution in [2.45, 2.75) is 12.8 Å². The Morgan fingerprint density at radius 2 is 1.14 bits per heavy atom. The van der Waals surface area contributed by atoms with Crippen LogP contribution in [0.2, 0.25) is 0 Å². The van der Waals surface area contributed by atoms with Crippen LogP contribution < -0.4 is 9.80 Å². The Hall–Kier alpha value is -4.56. The molecule has 2 heteroatoms. The minimum atomic E-state index is 0.814. The first-order valence-electron chi connectivity index (χ1n) is 11.9. The van der Waals surface area contributed by atoms with Crippen molar-refractivity contribution in [2.24, 2.45) is 0 Å². The molecule has 1 aliphatic rings. The van der Waals surface area contributed by atoms with Crippen molar-refractivity contribution in [3.8, 4) is 0 Å². The highest BCUT2D eigenvalue weighted by Gasteiger charge is 2.18. The van der Waals surface area contributed by atoms with E-state index in [2.05, 4.69) is 104 Å². The highest BCUT2D eigenvalue weighted by molar-refractivity contribution is 5.73. The van der Waals surface area contributed by atoms with Crippen molar-refractivity contribution >= 4 is 17.1 Å². The molecule has 2 nitrogen and oxygen atoms in total. The van der Waals surface area contributed by atoms with Crippen molar-refractivity contribution in [3.63, 3.8) is 0 Å². The summed E-state index contributed by atoms with van der Waals surface area (Å²) in [5.41, 5.74) is 7.77. The summed E-state index contributed by atoms with van der Waals surface area (Å²) in [5, 5.41) is 0. The van der Waals surface area contributed by atoms with Gasteiger partial charge in [0.15, 0.2) is 0 Å². The maximum absolute atomic E-state index is 4.07. The highest BCUT2D eigenvalue weighted by atomic mass is 15.2. The van der Waals surface area contributed by atoms with E-state index in [4.69, 9.17) is 0 Å². The molecule has 0 bridgehead atoms. The molecule has 0 N–H and O–H groups in total. The number of allylic oxidation sites excluding steroid dienone is 12. The van der Waals surface area contributed by atoms with Gasteiger partial charge in [-0.2, -0.15) is 0 Å². The zero-order chi connectivity index (χ0) is 25.9. The van der Waals surface area contributed by atoms with Crippen molar-refractivity contribution < 1.29 is 0 Å². The third kappa shape index (κ3) is 6.31. The van der Waals surface area contributed by atoms with Crippen LogP contribution in [0.5, 0.6) is 0 Å². The second-order valence-corrected chi connectivity index (χ2v) is 8.25. The maximum Gasteiger partial charge on any atom is 0.0463 e. The molecule has 0 amide bonds. The molecular weight excluding hydrogens is 436 g/mol. The Balaban J connectivity index is 2.12. The monoisotopic (exact) mass is 470 g/mol. The van der Waals surface area contributed by atoms with Gasteiger partial charge in [0.2, 0.25) is 0 Å². The van der Waals surface area contributed by atoms with Gasteiger partial charge in [0, 0.05) is 34.2 Å². The summed E-state index contributed by atoms with van der Waals surface area (Å²) < 4.78 is 0. The first-order chi connectivity index (χ1) is 17.5. The number of hydrogen-bond acceptors (Lipinski definition) is 2. The lowest BCUT2D eigenvalue weighted by Gasteiger charge is -2.31. The van der Waals surface area contributed by atoms with Crippen LogP contribution >= 0.6 is 0 Å². The molecule has 0 atom stereocenters. The molecule has 0 saturated carbocycles. The van der Waals surface area contributed by atoms with Crippen LogP contribution in [0.4, 0.5) is 17.1 Å². The Kier molecular flexibility index (Phi) is 9.25. The zero-order valence-electron chi connectivity index (χ0n) is 20.9. The summed E-state index contributed by atoms with van der Waals surface area (Å²) in [7, 11) is 0. The molecule has 0 saturated heterocycles. The highest BCUT2D eigenvalue weighted by Crippen LogP contribution is 2.35. The topological polar surface area (TPSA) is 6.48 Å². The summed E-state index contributed by atoms with van der Waals surface area (Å²) in [6.07, 6.45) is 19.5. The predicted octanol–water partition coefficient (Wildman–Crippen LogP) is 9.49. The van der Waals surface area contributed by atoms with Gasteiger partial charge in [-0.25, -0.2) is 0 Å². The second kappa shape index (κ2) is 12.8. The van der Waals surface area contributed by atoms with Gasteiger partial charge in [-0.3, -0.25) is 0 Å². The fourth-order valence-corrected chi connectivity index (χ4v) is 3.96. The normalized spacial score (nSPS) is 13.3. The van der Waals surface area contributed by atoms with Gasteiger partial charge in [0.25, 0.3) is 0 Å². The van der Waals surface area contributed by atoms with E-state index < -0.39 is 0 Å². The summed E-state index contributed by atoms with van der Waals surface area (Å²) in [4.78, 5) is 4.38. The number of para-hydroxylation sites is 1. The van der Waals surface area contributed by atoms with Gasteiger partial charge in [-0.05, 0) is 90.8 Å². The van der Waals surface area contributed by atoms with Crippen LogP contribution in [0.3, 0.4) is 0 Å². The van der Waals surface area contributed by atoms with Gasteiger partial charge in [-0.1, -0.05) is 82.0 Å². The molecule has 2 aromatic rings. The maximum atomic E-state index is 4.07. The van der Waals surface area contributed by atoms with Crippen LogP contribution in [0.25, 0.3) is 0 Å². The molecule has 0 spiro atoms. The van der Waals surface area contributed by atoms with Crippen LogP contribution in [0.1, 0.15) is 12.8 Å². The zero-order valence-corrected chi connectivity index (χ0v) is 20.9. The van der Waals surface area contributed by atoms with E-state index in [9.17, 15) is 0 Å². The molecule has 36 heavy (non-hydrogen) atoms. The lowest BCUT2D eigenvalue weighted by atomic mass is 10.1. The van der Waals surface area contributed by atoms with E-state index >= 15 is 0 Å². The molecule has 0 unspecified atom stereocenters. The first kappa shape index (κ1) is 26.1. The van der Waals surface area contributed by atoms with E-state index in [1.165, 1.54) is 5.70 Å². The van der Waals surface area contributed by atoms with E-state index in [1.54, 1.807) is 12.2 Å². The van der Waals surface area contributed by atoms with Gasteiger partial charge in [0.1, 0.15) is 0 Å². The van der Waals surface area contributed by atoms with E-state index in [-0.39, 0.29) is 0 Å². The molecule has 1 aliphatic carbocycles. The molecule has 3 rings (SSSR count). The molecule has 180 valence electrons. The van der Waals surface area contributed by atoms with Crippen molar-refractivity contribution in [1.29, 1.82) is 0 Å². The summed E-state index contributed by atoms with van der Waals surface area (Å²) in [5.74, 6) is 0. The molecule has 2 aromatic carbocycles. The summed E-state index contributed by atoms with van der Waals surface area (Å²) in [6.45, 7) is 24.0. The summed E-state index contributed by atoms with van der Waals surface area (Å²) >= 11 is 0. The minimum Gasteiger partial charge on any atom is -0.314 e. The van der Waals surface area contributed by atoms with Gasteiger partial charge in [-0.15, -0.1) is 0 Å². The summed E-state index contributed by atoms with van der Waals surface area (Å²) in [6, 6.07) is 18.7. The quantitative estimate of drug-likeness (QED) is 0.285. The average molecular weight is 471 g/mol. The Labute approximate surface area is 216 Å². The lowest BCUT2D eigenvalue weighted by molar-refractivity contribution is 0.901. The average Bonchev–Trinajstić information content (AvgIpc) is 2.93. The second-order valence-electron chi connectivity index (χ2n) is 8.25. The van der Waals surface area contributed by atoms with Crippen molar-refractivity contribution in [1.82, 2.24) is 0 Å². The largest absolute Gasteiger partial charge is 0.314 e. The first-order valence-corrected chi connectivity index (χ1v) is 11.9. The van der Waals surface area contributed by atoms with Crippen molar-refractivity contribution in [2.75, 3.05) is 9.80 Å². The van der Waals surface area contributed by atoms with Crippen molar-refractivity contribution in [3.05, 3.63) is 177 Å². The van der Waals surface area contributed by atoms with Gasteiger partial charge < -0.3 is 9.80 Å². The molecule has 0 aromatic heterocycles. The number of hydrogen-bond donors (Lipinski definition) is 0. The molecule has 0 radical (unpaired) electrons. The number of benzene rings is 2. The smallest absolute Gasteiger partial charge is 0.0463 e. The Morgan fingerprint density at radius 3 is 1.61 bits per heavy atom. The number of rotatable bonds is 12. The third-order valence-corrected chi connectivity index (χ3v) is 5.79. The SMILES string of the molecule is C=CC(=C)/C=C(\C=C)N(C1=CC=CCC1)c1ccc(N(/C(C=C)=C/C(=C)C=C)c2ccccc2)cc1.